The molecule has 0 saturated heterocycles. The number of hydrogen-bond acceptors (Lipinski definition) is 2. The Balaban J connectivity index is 1.97. The third kappa shape index (κ3) is 2.79. The maximum absolute atomic E-state index is 11.4. The molecule has 21 heavy (non-hydrogen) atoms. The third-order valence-electron chi connectivity index (χ3n) is 3.67. The third-order valence-corrected chi connectivity index (χ3v) is 3.67. The lowest BCUT2D eigenvalue weighted by Crippen LogP contribution is -2.08. The summed E-state index contributed by atoms with van der Waals surface area (Å²) >= 11 is 0. The van der Waals surface area contributed by atoms with E-state index < -0.39 is 5.97 Å². The minimum Gasteiger partial charge on any atom is -0.423 e. The molecule has 3 rings (SSSR count). The quantitative estimate of drug-likeness (QED) is 0.475. The molecule has 0 aliphatic heterocycles. The summed E-state index contributed by atoms with van der Waals surface area (Å²) in [6, 6.07) is 16.2. The van der Waals surface area contributed by atoms with Crippen LogP contribution in [0.25, 0.3) is 11.6 Å². The normalized spacial score (nSPS) is 13.0. The number of rotatable bonds is 3. The second-order valence-electron chi connectivity index (χ2n) is 4.98. The van der Waals surface area contributed by atoms with Gasteiger partial charge in [-0.15, -0.1) is 0 Å². The van der Waals surface area contributed by atoms with E-state index in [9.17, 15) is 4.79 Å². The first-order valence-corrected chi connectivity index (χ1v) is 7.00. The molecule has 0 heterocycles. The van der Waals surface area contributed by atoms with Crippen molar-refractivity contribution < 1.29 is 9.53 Å². The van der Waals surface area contributed by atoms with Crippen molar-refractivity contribution >= 4 is 17.6 Å². The lowest BCUT2D eigenvalue weighted by Gasteiger charge is -2.19. The molecular weight excluding hydrogens is 260 g/mol. The summed E-state index contributed by atoms with van der Waals surface area (Å²) in [4.78, 5) is 11.4. The fourth-order valence-electron chi connectivity index (χ4n) is 2.63. The van der Waals surface area contributed by atoms with Crippen LogP contribution < -0.4 is 4.74 Å². The van der Waals surface area contributed by atoms with E-state index >= 15 is 0 Å². The highest BCUT2D eigenvalue weighted by Gasteiger charge is 2.16. The van der Waals surface area contributed by atoms with Gasteiger partial charge < -0.3 is 4.74 Å². The topological polar surface area (TPSA) is 26.3 Å². The Kier molecular flexibility index (Phi) is 3.69. The predicted molar refractivity (Wildman–Crippen MR) is 84.9 cm³/mol. The fraction of sp³-hybridized carbons (Fsp3) is 0.105. The van der Waals surface area contributed by atoms with Crippen molar-refractivity contribution in [1.29, 1.82) is 0 Å². The Labute approximate surface area is 124 Å². The standard InChI is InChI=1S/C19H16O2/c1-2-19(20)21-18-10-6-9-16-13-15(11-12-17(16)18)14-7-4-3-5-8-14/h2-10,13H,1,11-12H2. The van der Waals surface area contributed by atoms with E-state index in [0.717, 1.165) is 24.0 Å². The molecule has 0 unspecified atom stereocenters. The highest BCUT2D eigenvalue weighted by molar-refractivity contribution is 5.87. The van der Waals surface area contributed by atoms with Gasteiger partial charge in [-0.05, 0) is 35.6 Å². The van der Waals surface area contributed by atoms with E-state index in [-0.39, 0.29) is 0 Å². The van der Waals surface area contributed by atoms with Gasteiger partial charge in [0, 0.05) is 11.6 Å². The zero-order valence-electron chi connectivity index (χ0n) is 11.7. The number of hydrogen-bond donors (Lipinski definition) is 0. The monoisotopic (exact) mass is 276 g/mol. The van der Waals surface area contributed by atoms with E-state index in [1.54, 1.807) is 0 Å². The Morgan fingerprint density at radius 2 is 1.86 bits per heavy atom. The van der Waals surface area contributed by atoms with E-state index in [0.29, 0.717) is 5.75 Å². The van der Waals surface area contributed by atoms with Gasteiger partial charge >= 0.3 is 5.97 Å². The van der Waals surface area contributed by atoms with Crippen LogP contribution in [0.1, 0.15) is 23.1 Å². The summed E-state index contributed by atoms with van der Waals surface area (Å²) in [6.07, 6.45) is 5.18. The lowest BCUT2D eigenvalue weighted by atomic mass is 9.88. The van der Waals surface area contributed by atoms with Crippen LogP contribution in [-0.4, -0.2) is 5.97 Å². The van der Waals surface area contributed by atoms with Crippen LogP contribution in [0.15, 0.2) is 61.2 Å². The SMILES string of the molecule is C=CC(=O)Oc1cccc2c1CCC(c1ccccc1)=C2. The van der Waals surface area contributed by atoms with Gasteiger partial charge in [0.15, 0.2) is 0 Å². The van der Waals surface area contributed by atoms with Gasteiger partial charge in [-0.1, -0.05) is 55.1 Å². The molecule has 0 bridgehead atoms. The summed E-state index contributed by atoms with van der Waals surface area (Å²) in [5.74, 6) is 0.224. The number of carbonyl (C=O) groups excluding carboxylic acids is 1. The molecule has 0 aromatic heterocycles. The number of fused-ring (bicyclic) bond motifs is 1. The van der Waals surface area contributed by atoms with Crippen molar-refractivity contribution in [1.82, 2.24) is 0 Å². The summed E-state index contributed by atoms with van der Waals surface area (Å²) in [7, 11) is 0. The first-order chi connectivity index (χ1) is 10.3. The molecule has 0 atom stereocenters. The molecule has 104 valence electrons. The van der Waals surface area contributed by atoms with Crippen LogP contribution in [0, 0.1) is 0 Å². The molecule has 2 aromatic carbocycles. The van der Waals surface area contributed by atoms with E-state index in [1.807, 2.05) is 30.3 Å². The Hall–Kier alpha value is -2.61. The summed E-state index contributed by atoms with van der Waals surface area (Å²) < 4.78 is 5.32. The Morgan fingerprint density at radius 3 is 2.62 bits per heavy atom. The fourth-order valence-corrected chi connectivity index (χ4v) is 2.63. The van der Waals surface area contributed by atoms with E-state index in [1.165, 1.54) is 17.2 Å². The van der Waals surface area contributed by atoms with Gasteiger partial charge in [0.05, 0.1) is 0 Å². The smallest absolute Gasteiger partial charge is 0.335 e. The van der Waals surface area contributed by atoms with Crippen LogP contribution in [0.5, 0.6) is 5.75 Å². The van der Waals surface area contributed by atoms with Crippen molar-refractivity contribution in [3.05, 3.63) is 77.9 Å². The van der Waals surface area contributed by atoms with Crippen LogP contribution in [0.2, 0.25) is 0 Å². The number of esters is 1. The van der Waals surface area contributed by atoms with E-state index in [2.05, 4.69) is 30.9 Å². The average Bonchev–Trinajstić information content (AvgIpc) is 2.55. The molecule has 0 saturated carbocycles. The van der Waals surface area contributed by atoms with Crippen molar-refractivity contribution in [2.24, 2.45) is 0 Å². The van der Waals surface area contributed by atoms with Crippen molar-refractivity contribution in [3.8, 4) is 5.75 Å². The van der Waals surface area contributed by atoms with Gasteiger partial charge in [0.1, 0.15) is 5.75 Å². The summed E-state index contributed by atoms with van der Waals surface area (Å²) in [5, 5.41) is 0. The second kappa shape index (κ2) is 5.80. The molecule has 2 heteroatoms. The molecule has 0 radical (unpaired) electrons. The molecule has 0 spiro atoms. The molecule has 2 nitrogen and oxygen atoms in total. The first kappa shape index (κ1) is 13.4. The second-order valence-corrected chi connectivity index (χ2v) is 4.98. The van der Waals surface area contributed by atoms with Crippen LogP contribution in [-0.2, 0) is 11.2 Å². The van der Waals surface area contributed by atoms with Gasteiger partial charge in [-0.25, -0.2) is 4.79 Å². The van der Waals surface area contributed by atoms with Gasteiger partial charge in [0.2, 0.25) is 0 Å². The Bertz CT molecular complexity index is 712. The summed E-state index contributed by atoms with van der Waals surface area (Å²) in [6.45, 7) is 3.43. The zero-order chi connectivity index (χ0) is 14.7. The molecule has 0 fully saturated rings. The minimum atomic E-state index is -0.416. The van der Waals surface area contributed by atoms with E-state index in [4.69, 9.17) is 4.74 Å². The number of benzene rings is 2. The van der Waals surface area contributed by atoms with Crippen LogP contribution in [0.4, 0.5) is 0 Å². The number of allylic oxidation sites excluding steroid dienone is 1. The lowest BCUT2D eigenvalue weighted by molar-refractivity contribution is -0.129. The number of carbonyl (C=O) groups is 1. The highest BCUT2D eigenvalue weighted by atomic mass is 16.5. The molecule has 2 aromatic rings. The Morgan fingerprint density at radius 1 is 1.05 bits per heavy atom. The van der Waals surface area contributed by atoms with Gasteiger partial charge in [-0.2, -0.15) is 0 Å². The van der Waals surface area contributed by atoms with Gasteiger partial charge in [-0.3, -0.25) is 0 Å². The zero-order valence-corrected chi connectivity index (χ0v) is 11.7. The highest BCUT2D eigenvalue weighted by Crippen LogP contribution is 2.34. The van der Waals surface area contributed by atoms with Crippen molar-refractivity contribution in [3.63, 3.8) is 0 Å². The first-order valence-electron chi connectivity index (χ1n) is 7.00. The minimum absolute atomic E-state index is 0.416. The molecule has 1 aliphatic carbocycles. The van der Waals surface area contributed by atoms with Crippen molar-refractivity contribution in [2.45, 2.75) is 12.8 Å². The van der Waals surface area contributed by atoms with Crippen LogP contribution in [0.3, 0.4) is 0 Å². The van der Waals surface area contributed by atoms with Crippen LogP contribution >= 0.6 is 0 Å². The summed E-state index contributed by atoms with van der Waals surface area (Å²) in [5.41, 5.74) is 4.77. The molecule has 0 N–H and O–H groups in total. The molecule has 0 amide bonds. The maximum Gasteiger partial charge on any atom is 0.335 e. The predicted octanol–water partition coefficient (Wildman–Crippen LogP) is 4.26. The molecule has 1 aliphatic rings. The molecular formula is C19H16O2. The maximum atomic E-state index is 11.4. The van der Waals surface area contributed by atoms with Gasteiger partial charge in [0.25, 0.3) is 0 Å². The largest absolute Gasteiger partial charge is 0.423 e. The average molecular weight is 276 g/mol. The van der Waals surface area contributed by atoms with Crippen molar-refractivity contribution in [2.75, 3.05) is 0 Å². The number of ether oxygens (including phenoxy) is 1.